The normalized spacial score (nSPS) is 10.3. The highest BCUT2D eigenvalue weighted by Gasteiger charge is 2.10. The molecule has 0 spiro atoms. The number of aromatic nitrogens is 1. The van der Waals surface area contributed by atoms with Crippen LogP contribution in [0.2, 0.25) is 5.15 Å². The third-order valence-electron chi connectivity index (χ3n) is 2.62. The summed E-state index contributed by atoms with van der Waals surface area (Å²) in [4.78, 5) is 17.4. The molecule has 5 heteroatoms. The van der Waals surface area contributed by atoms with Gasteiger partial charge in [-0.3, -0.25) is 4.79 Å². The van der Waals surface area contributed by atoms with Crippen molar-refractivity contribution in [1.29, 1.82) is 0 Å². The summed E-state index contributed by atoms with van der Waals surface area (Å²) >= 11 is 7.58. The number of para-hydroxylation sites is 1. The number of nitrogens with one attached hydrogen (secondary N) is 1. The smallest absolute Gasteiger partial charge is 0.255 e. The van der Waals surface area contributed by atoms with E-state index in [-0.39, 0.29) is 5.91 Å². The predicted octanol–water partition coefficient (Wildman–Crippen LogP) is 4.41. The standard InChI is InChI=1S/C15H15ClN2OS/c1-3-20-13-7-5-4-6-12(13)18-15(19)11-8-10(2)17-14(16)9-11/h4-9H,3H2,1-2H3,(H,18,19). The summed E-state index contributed by atoms with van der Waals surface area (Å²) in [6.07, 6.45) is 0. The highest BCUT2D eigenvalue weighted by atomic mass is 35.5. The molecule has 0 bridgehead atoms. The summed E-state index contributed by atoms with van der Waals surface area (Å²) < 4.78 is 0. The molecule has 3 nitrogen and oxygen atoms in total. The van der Waals surface area contributed by atoms with Gasteiger partial charge in [0.1, 0.15) is 5.15 Å². The van der Waals surface area contributed by atoms with Gasteiger partial charge in [0.05, 0.1) is 5.69 Å². The lowest BCUT2D eigenvalue weighted by Gasteiger charge is -2.10. The molecule has 0 aliphatic heterocycles. The predicted molar refractivity (Wildman–Crippen MR) is 84.8 cm³/mol. The number of anilines is 1. The van der Waals surface area contributed by atoms with E-state index >= 15 is 0 Å². The van der Waals surface area contributed by atoms with Gasteiger partial charge in [-0.15, -0.1) is 11.8 Å². The first kappa shape index (κ1) is 14.9. The number of benzene rings is 1. The zero-order chi connectivity index (χ0) is 14.5. The Morgan fingerprint density at radius 2 is 2.10 bits per heavy atom. The van der Waals surface area contributed by atoms with Gasteiger partial charge in [-0.2, -0.15) is 0 Å². The first-order valence-corrected chi connectivity index (χ1v) is 7.64. The quantitative estimate of drug-likeness (QED) is 0.672. The molecule has 1 heterocycles. The van der Waals surface area contributed by atoms with Crippen LogP contribution in [-0.2, 0) is 0 Å². The number of amides is 1. The fourth-order valence-electron chi connectivity index (χ4n) is 1.80. The van der Waals surface area contributed by atoms with Crippen molar-refractivity contribution in [2.24, 2.45) is 0 Å². The third kappa shape index (κ3) is 3.74. The van der Waals surface area contributed by atoms with E-state index in [9.17, 15) is 4.79 Å². The Hall–Kier alpha value is -1.52. The molecule has 0 radical (unpaired) electrons. The Balaban J connectivity index is 2.23. The molecule has 1 amide bonds. The average molecular weight is 307 g/mol. The highest BCUT2D eigenvalue weighted by molar-refractivity contribution is 7.99. The minimum Gasteiger partial charge on any atom is -0.321 e. The Morgan fingerprint density at radius 3 is 2.80 bits per heavy atom. The lowest BCUT2D eigenvalue weighted by atomic mass is 10.2. The van der Waals surface area contributed by atoms with Gasteiger partial charge in [-0.25, -0.2) is 4.98 Å². The minimum atomic E-state index is -0.179. The lowest BCUT2D eigenvalue weighted by molar-refractivity contribution is 0.102. The van der Waals surface area contributed by atoms with Crippen molar-refractivity contribution in [3.8, 4) is 0 Å². The van der Waals surface area contributed by atoms with Crippen LogP contribution in [0, 0.1) is 6.92 Å². The number of halogens is 1. The fraction of sp³-hybridized carbons (Fsp3) is 0.200. The first-order chi connectivity index (χ1) is 9.60. The maximum atomic E-state index is 12.3. The number of thioether (sulfide) groups is 1. The minimum absolute atomic E-state index is 0.179. The fourth-order valence-corrected chi connectivity index (χ4v) is 2.82. The van der Waals surface area contributed by atoms with Crippen molar-refractivity contribution in [2.75, 3.05) is 11.1 Å². The van der Waals surface area contributed by atoms with Crippen LogP contribution in [0.1, 0.15) is 23.0 Å². The Kier molecular flexibility index (Phi) is 5.04. The topological polar surface area (TPSA) is 42.0 Å². The monoisotopic (exact) mass is 306 g/mol. The maximum absolute atomic E-state index is 12.3. The molecule has 0 aliphatic rings. The van der Waals surface area contributed by atoms with Gasteiger partial charge in [-0.05, 0) is 36.9 Å². The van der Waals surface area contributed by atoms with Crippen molar-refractivity contribution in [2.45, 2.75) is 18.7 Å². The molecule has 0 aliphatic carbocycles. The van der Waals surface area contributed by atoms with Crippen LogP contribution in [0.3, 0.4) is 0 Å². The van der Waals surface area contributed by atoms with Gasteiger partial charge in [0, 0.05) is 16.2 Å². The van der Waals surface area contributed by atoms with E-state index in [2.05, 4.69) is 17.2 Å². The molecule has 0 atom stereocenters. The molecule has 2 aromatic rings. The second-order valence-electron chi connectivity index (χ2n) is 4.20. The zero-order valence-corrected chi connectivity index (χ0v) is 12.9. The Morgan fingerprint density at radius 1 is 1.35 bits per heavy atom. The van der Waals surface area contributed by atoms with Crippen molar-refractivity contribution in [1.82, 2.24) is 4.98 Å². The first-order valence-electron chi connectivity index (χ1n) is 6.27. The van der Waals surface area contributed by atoms with Crippen LogP contribution in [0.4, 0.5) is 5.69 Å². The van der Waals surface area contributed by atoms with E-state index in [4.69, 9.17) is 11.6 Å². The van der Waals surface area contributed by atoms with Crippen LogP contribution in [-0.4, -0.2) is 16.6 Å². The van der Waals surface area contributed by atoms with Crippen molar-refractivity contribution >= 4 is 35.0 Å². The molecular formula is C15H15ClN2OS. The van der Waals surface area contributed by atoms with Crippen LogP contribution >= 0.6 is 23.4 Å². The molecule has 2 rings (SSSR count). The molecule has 1 aromatic heterocycles. The second-order valence-corrected chi connectivity index (χ2v) is 5.90. The Labute approximate surface area is 127 Å². The van der Waals surface area contributed by atoms with Gasteiger partial charge in [-0.1, -0.05) is 30.7 Å². The van der Waals surface area contributed by atoms with E-state index in [1.54, 1.807) is 23.9 Å². The van der Waals surface area contributed by atoms with E-state index in [1.165, 1.54) is 0 Å². The lowest BCUT2D eigenvalue weighted by Crippen LogP contribution is -2.13. The molecule has 0 saturated carbocycles. The molecule has 1 N–H and O–H groups in total. The van der Waals surface area contributed by atoms with E-state index in [0.29, 0.717) is 10.7 Å². The number of rotatable bonds is 4. The van der Waals surface area contributed by atoms with Gasteiger partial charge in [0.25, 0.3) is 5.91 Å². The van der Waals surface area contributed by atoms with Gasteiger partial charge in [0.15, 0.2) is 0 Å². The van der Waals surface area contributed by atoms with Crippen molar-refractivity contribution < 1.29 is 4.79 Å². The van der Waals surface area contributed by atoms with Gasteiger partial charge in [0.2, 0.25) is 0 Å². The van der Waals surface area contributed by atoms with Crippen LogP contribution < -0.4 is 5.32 Å². The number of hydrogen-bond donors (Lipinski definition) is 1. The number of carbonyl (C=O) groups excluding carboxylic acids is 1. The Bertz CT molecular complexity index is 611. The van der Waals surface area contributed by atoms with E-state index < -0.39 is 0 Å². The van der Waals surface area contributed by atoms with Gasteiger partial charge >= 0.3 is 0 Å². The number of hydrogen-bond acceptors (Lipinski definition) is 3. The van der Waals surface area contributed by atoms with E-state index in [1.807, 2.05) is 31.2 Å². The summed E-state index contributed by atoms with van der Waals surface area (Å²) in [5, 5.41) is 3.25. The molecule has 1 aromatic carbocycles. The SMILES string of the molecule is CCSc1ccccc1NC(=O)c1cc(C)nc(Cl)c1. The highest BCUT2D eigenvalue weighted by Crippen LogP contribution is 2.27. The summed E-state index contributed by atoms with van der Waals surface area (Å²) in [6, 6.07) is 11.0. The van der Waals surface area contributed by atoms with Crippen LogP contribution in [0.25, 0.3) is 0 Å². The summed E-state index contributed by atoms with van der Waals surface area (Å²) in [6.45, 7) is 3.89. The second kappa shape index (κ2) is 6.77. The van der Waals surface area contributed by atoms with Crippen LogP contribution in [0.15, 0.2) is 41.3 Å². The summed E-state index contributed by atoms with van der Waals surface area (Å²) in [5.41, 5.74) is 2.05. The zero-order valence-electron chi connectivity index (χ0n) is 11.3. The molecule has 0 unspecified atom stereocenters. The number of nitrogens with zero attached hydrogens (tertiary/aromatic N) is 1. The van der Waals surface area contributed by atoms with Crippen molar-refractivity contribution in [3.63, 3.8) is 0 Å². The largest absolute Gasteiger partial charge is 0.321 e. The van der Waals surface area contributed by atoms with Crippen molar-refractivity contribution in [3.05, 3.63) is 52.8 Å². The maximum Gasteiger partial charge on any atom is 0.255 e. The van der Waals surface area contributed by atoms with Gasteiger partial charge < -0.3 is 5.32 Å². The van der Waals surface area contributed by atoms with E-state index in [0.717, 1.165) is 22.0 Å². The number of carbonyl (C=O) groups is 1. The average Bonchev–Trinajstić information content (AvgIpc) is 2.40. The summed E-state index contributed by atoms with van der Waals surface area (Å²) in [5.74, 6) is 0.772. The summed E-state index contributed by atoms with van der Waals surface area (Å²) in [7, 11) is 0. The number of pyridine rings is 1. The molecular weight excluding hydrogens is 292 g/mol. The molecule has 104 valence electrons. The molecule has 0 fully saturated rings. The molecule has 0 saturated heterocycles. The third-order valence-corrected chi connectivity index (χ3v) is 3.77. The van der Waals surface area contributed by atoms with Crippen LogP contribution in [0.5, 0.6) is 0 Å². The number of aryl methyl sites for hydroxylation is 1. The molecule has 20 heavy (non-hydrogen) atoms.